The zero-order chi connectivity index (χ0) is 28.1. The second-order valence-electron chi connectivity index (χ2n) is 11.5. The molecule has 39 heavy (non-hydrogen) atoms. The minimum absolute atomic E-state index is 0. The number of allylic oxidation sites excluding steroid dienone is 2. The second kappa shape index (κ2) is 14.5. The number of cyclic esters (lactones) is 1. The van der Waals surface area contributed by atoms with Gasteiger partial charge in [0.1, 0.15) is 11.9 Å². The largest absolute Gasteiger partial charge is 1.00 e. The quantitative estimate of drug-likeness (QED) is 0.155. The molecule has 1 aliphatic heterocycles. The van der Waals surface area contributed by atoms with Gasteiger partial charge in [0.05, 0.1) is 25.9 Å². The molecule has 210 valence electrons. The predicted octanol–water partition coefficient (Wildman–Crippen LogP) is 1.63. The summed E-state index contributed by atoms with van der Waals surface area (Å²) in [7, 11) is 0. The number of ether oxygens (including phenoxy) is 2. The summed E-state index contributed by atoms with van der Waals surface area (Å²) in [4.78, 5) is 59.0. The van der Waals surface area contributed by atoms with Crippen LogP contribution in [0.5, 0.6) is 0 Å². The minimum atomic E-state index is -1.07. The van der Waals surface area contributed by atoms with Crippen LogP contribution in [0.1, 0.15) is 90.9 Å². The maximum Gasteiger partial charge on any atom is 1.00 e. The predicted molar refractivity (Wildman–Crippen MR) is 137 cm³/mol. The molecule has 0 amide bonds. The number of Topliss-reactive ketones (excluding diaryl/α,β-unsaturated/α-hetero) is 1. The summed E-state index contributed by atoms with van der Waals surface area (Å²) in [5.74, 6) is -2.88. The fourth-order valence-corrected chi connectivity index (χ4v) is 7.04. The first kappa shape index (κ1) is 33.9. The fraction of sp³-hybridized carbons (Fsp3) is 0.690. The van der Waals surface area contributed by atoms with Crippen LogP contribution in [0.15, 0.2) is 23.8 Å². The normalized spacial score (nSPS) is 31.1. The number of carboxylic acids is 2. The first-order chi connectivity index (χ1) is 17.9. The van der Waals surface area contributed by atoms with Crippen LogP contribution in [0.25, 0.3) is 0 Å². The van der Waals surface area contributed by atoms with Crippen LogP contribution in [0, 0.1) is 22.7 Å². The van der Waals surface area contributed by atoms with Crippen molar-refractivity contribution in [2.24, 2.45) is 22.7 Å². The standard InChI is InChI=1S/C29H40O9.K/c1-18-4-8-22-28(2,21(18)7-5-19-14-17-37-27(19)36)16-13-23(38-26(35)11-10-25(33)34)29(22,3)15-12-20(30)6-9-24(31)32;/h5,21-23H,1,4,6-17H2,2-3H3,(H,31,32)(H,33,34);/q;+1/b19-5+;/t21-,22?,23-,28+,29+;/m1./s1. The number of fused-ring (bicyclic) bond motifs is 1. The Bertz CT molecular complexity index is 1020. The third kappa shape index (κ3) is 8.34. The molecular weight excluding hydrogens is 531 g/mol. The van der Waals surface area contributed by atoms with E-state index in [4.69, 9.17) is 19.7 Å². The molecule has 0 aromatic heterocycles. The molecule has 2 N–H and O–H groups in total. The molecule has 3 aliphatic rings. The monoisotopic (exact) mass is 571 g/mol. The van der Waals surface area contributed by atoms with Crippen LogP contribution < -0.4 is 51.4 Å². The van der Waals surface area contributed by atoms with Gasteiger partial charge >= 0.3 is 75.3 Å². The Morgan fingerprint density at radius 1 is 1.03 bits per heavy atom. The van der Waals surface area contributed by atoms with Crippen molar-refractivity contribution in [3.8, 4) is 0 Å². The van der Waals surface area contributed by atoms with Gasteiger partial charge in [0.2, 0.25) is 0 Å². The van der Waals surface area contributed by atoms with Gasteiger partial charge in [0.25, 0.3) is 0 Å². The van der Waals surface area contributed by atoms with Gasteiger partial charge in [-0.05, 0) is 55.8 Å². The van der Waals surface area contributed by atoms with Crippen LogP contribution in [0.2, 0.25) is 0 Å². The van der Waals surface area contributed by atoms with E-state index >= 15 is 0 Å². The zero-order valence-electron chi connectivity index (χ0n) is 23.5. The average molecular weight is 572 g/mol. The molecule has 1 heterocycles. The summed E-state index contributed by atoms with van der Waals surface area (Å²) >= 11 is 0. The van der Waals surface area contributed by atoms with E-state index in [1.165, 1.54) is 0 Å². The Hall–Kier alpha value is -1.33. The number of ketones is 1. The van der Waals surface area contributed by atoms with Gasteiger partial charge in [-0.2, -0.15) is 0 Å². The van der Waals surface area contributed by atoms with Gasteiger partial charge in [-0.25, -0.2) is 4.79 Å². The smallest absolute Gasteiger partial charge is 0.481 e. The molecule has 1 unspecified atom stereocenters. The Kier molecular flexibility index (Phi) is 12.6. The average Bonchev–Trinajstić information content (AvgIpc) is 3.26. The van der Waals surface area contributed by atoms with Gasteiger partial charge in [0.15, 0.2) is 0 Å². The van der Waals surface area contributed by atoms with E-state index < -0.39 is 29.4 Å². The molecule has 3 rings (SSSR count). The van der Waals surface area contributed by atoms with Crippen LogP contribution in [0.4, 0.5) is 0 Å². The molecule has 1 saturated heterocycles. The molecule has 0 spiro atoms. The minimum Gasteiger partial charge on any atom is -0.481 e. The van der Waals surface area contributed by atoms with E-state index in [2.05, 4.69) is 13.5 Å². The van der Waals surface area contributed by atoms with E-state index in [1.54, 1.807) is 0 Å². The SMILES string of the molecule is C=C1CCC2[C@](C)(CCC(=O)CCC(=O)O)[C@H](OC(=O)CCC(=O)O)CC[C@@]2(C)[C@@H]1C/C=C1\CCOC1=O.[K+]. The Balaban J connectivity index is 0.00000533. The van der Waals surface area contributed by atoms with Crippen molar-refractivity contribution in [2.45, 2.75) is 97.0 Å². The van der Waals surface area contributed by atoms with Crippen molar-refractivity contribution in [2.75, 3.05) is 6.61 Å². The molecule has 5 atom stereocenters. The van der Waals surface area contributed by atoms with Crippen LogP contribution >= 0.6 is 0 Å². The van der Waals surface area contributed by atoms with Crippen molar-refractivity contribution in [1.82, 2.24) is 0 Å². The first-order valence-electron chi connectivity index (χ1n) is 13.6. The van der Waals surface area contributed by atoms with Crippen LogP contribution in [-0.2, 0) is 33.4 Å². The molecule has 0 bridgehead atoms. The van der Waals surface area contributed by atoms with Gasteiger partial charge in [-0.3, -0.25) is 19.2 Å². The topological polar surface area (TPSA) is 144 Å². The van der Waals surface area contributed by atoms with Crippen molar-refractivity contribution in [3.63, 3.8) is 0 Å². The first-order valence-corrected chi connectivity index (χ1v) is 13.6. The number of esters is 2. The van der Waals surface area contributed by atoms with Gasteiger partial charge in [0, 0.05) is 30.3 Å². The summed E-state index contributed by atoms with van der Waals surface area (Å²) in [6.07, 6.45) is 5.50. The summed E-state index contributed by atoms with van der Waals surface area (Å²) in [5, 5.41) is 17.9. The molecule has 2 saturated carbocycles. The van der Waals surface area contributed by atoms with Crippen molar-refractivity contribution in [3.05, 3.63) is 23.8 Å². The summed E-state index contributed by atoms with van der Waals surface area (Å²) in [5.41, 5.74) is 1.04. The summed E-state index contributed by atoms with van der Waals surface area (Å²) in [6.45, 7) is 9.05. The number of hydrogen-bond acceptors (Lipinski definition) is 7. The molecule has 3 fully saturated rings. The molecular formula is C29H40KO9+. The second-order valence-corrected chi connectivity index (χ2v) is 11.5. The number of aliphatic carboxylic acids is 2. The van der Waals surface area contributed by atoms with Crippen molar-refractivity contribution in [1.29, 1.82) is 0 Å². The Morgan fingerprint density at radius 3 is 2.31 bits per heavy atom. The third-order valence-electron chi connectivity index (χ3n) is 9.16. The van der Waals surface area contributed by atoms with E-state index in [9.17, 15) is 24.0 Å². The van der Waals surface area contributed by atoms with Crippen LogP contribution in [-0.4, -0.2) is 52.6 Å². The van der Waals surface area contributed by atoms with Crippen molar-refractivity contribution < 1.29 is 95.0 Å². The molecule has 9 nitrogen and oxygen atoms in total. The molecule has 10 heteroatoms. The number of rotatable bonds is 12. The maximum atomic E-state index is 12.6. The van der Waals surface area contributed by atoms with E-state index in [0.717, 1.165) is 24.8 Å². The van der Waals surface area contributed by atoms with E-state index in [-0.39, 0.29) is 112 Å². The maximum absolute atomic E-state index is 12.6. The zero-order valence-corrected chi connectivity index (χ0v) is 26.6. The Labute approximate surface area is 272 Å². The van der Waals surface area contributed by atoms with Gasteiger partial charge < -0.3 is 19.7 Å². The molecule has 2 aliphatic carbocycles. The summed E-state index contributed by atoms with van der Waals surface area (Å²) < 4.78 is 11.0. The number of carboxylic acid groups (broad SMARTS) is 2. The Morgan fingerprint density at radius 2 is 1.69 bits per heavy atom. The fourth-order valence-electron chi connectivity index (χ4n) is 7.04. The number of carbonyl (C=O) groups excluding carboxylic acids is 3. The van der Waals surface area contributed by atoms with Crippen molar-refractivity contribution >= 4 is 29.7 Å². The third-order valence-corrected chi connectivity index (χ3v) is 9.16. The number of carbonyl (C=O) groups is 5. The molecule has 0 aromatic rings. The van der Waals surface area contributed by atoms with Gasteiger partial charge in [-0.1, -0.05) is 32.1 Å². The summed E-state index contributed by atoms with van der Waals surface area (Å²) in [6, 6.07) is 0. The molecule has 0 aromatic carbocycles. The van der Waals surface area contributed by atoms with E-state index in [0.29, 0.717) is 37.9 Å². The van der Waals surface area contributed by atoms with E-state index in [1.807, 2.05) is 13.0 Å². The molecule has 0 radical (unpaired) electrons. The van der Waals surface area contributed by atoms with Crippen LogP contribution in [0.3, 0.4) is 0 Å². The number of hydrogen-bond donors (Lipinski definition) is 2. The van der Waals surface area contributed by atoms with Gasteiger partial charge in [-0.15, -0.1) is 0 Å².